The maximum Gasteiger partial charge on any atom is 0.408 e. The normalized spacial score (nSPS) is 12.2. The maximum atomic E-state index is 12.4. The minimum atomic E-state index is -3.29. The highest BCUT2D eigenvalue weighted by atomic mass is 32.2. The van der Waals surface area contributed by atoms with Gasteiger partial charge in [0.1, 0.15) is 28.2 Å². The molecular weight excluding hydrogens is 384 g/mol. The highest BCUT2D eigenvalue weighted by molar-refractivity contribution is 7.90. The van der Waals surface area contributed by atoms with E-state index in [9.17, 15) is 18.0 Å². The van der Waals surface area contributed by atoms with Crippen LogP contribution >= 0.6 is 0 Å². The Hall–Kier alpha value is -2.81. The van der Waals surface area contributed by atoms with Crippen LogP contribution in [0.2, 0.25) is 0 Å². The van der Waals surface area contributed by atoms with Gasteiger partial charge in [-0.2, -0.15) is 0 Å². The molecule has 0 fully saturated rings. The van der Waals surface area contributed by atoms with E-state index in [2.05, 4.69) is 10.6 Å². The van der Waals surface area contributed by atoms with Crippen LogP contribution in [0.15, 0.2) is 53.1 Å². The minimum absolute atomic E-state index is 0.0472. The van der Waals surface area contributed by atoms with Crippen molar-refractivity contribution in [2.75, 3.05) is 18.6 Å². The average Bonchev–Trinajstić information content (AvgIpc) is 3.17. The lowest BCUT2D eigenvalue weighted by atomic mass is 10.2. The van der Waals surface area contributed by atoms with Crippen LogP contribution in [0.25, 0.3) is 0 Å². The van der Waals surface area contributed by atoms with E-state index < -0.39 is 27.9 Å². The van der Waals surface area contributed by atoms with E-state index in [-0.39, 0.29) is 18.8 Å². The summed E-state index contributed by atoms with van der Waals surface area (Å²) in [6.07, 6.45) is 2.26. The summed E-state index contributed by atoms with van der Waals surface area (Å²) in [5.74, 6) is -0.00233. The first-order valence-electron chi connectivity index (χ1n) is 8.78. The Morgan fingerprint density at radius 2 is 1.89 bits per heavy atom. The van der Waals surface area contributed by atoms with E-state index in [4.69, 9.17) is 9.15 Å². The van der Waals surface area contributed by atoms with Crippen LogP contribution in [0.5, 0.6) is 0 Å². The Morgan fingerprint density at radius 1 is 1.14 bits per heavy atom. The SMILES string of the molecule is CS(=O)(=O)CCC(NC(=O)OCc1ccccc1)C(=O)NCCc1ccco1. The quantitative estimate of drug-likeness (QED) is 0.618. The van der Waals surface area contributed by atoms with Crippen molar-refractivity contribution in [1.82, 2.24) is 10.6 Å². The van der Waals surface area contributed by atoms with E-state index >= 15 is 0 Å². The molecule has 0 aliphatic rings. The number of alkyl carbamates (subject to hydrolysis) is 1. The summed E-state index contributed by atoms with van der Waals surface area (Å²) in [5.41, 5.74) is 0.799. The van der Waals surface area contributed by atoms with Gasteiger partial charge in [0.2, 0.25) is 5.91 Å². The van der Waals surface area contributed by atoms with Gasteiger partial charge in [-0.25, -0.2) is 13.2 Å². The number of benzene rings is 1. The summed E-state index contributed by atoms with van der Waals surface area (Å²) in [6, 6.07) is 11.6. The second kappa shape index (κ2) is 10.5. The molecule has 0 spiro atoms. The molecule has 0 aliphatic carbocycles. The Balaban J connectivity index is 1.87. The number of rotatable bonds is 10. The largest absolute Gasteiger partial charge is 0.469 e. The highest BCUT2D eigenvalue weighted by Gasteiger charge is 2.23. The van der Waals surface area contributed by atoms with E-state index in [1.165, 1.54) is 6.26 Å². The molecule has 1 unspecified atom stereocenters. The molecule has 9 heteroatoms. The molecule has 2 aromatic rings. The van der Waals surface area contributed by atoms with Crippen LogP contribution in [0.3, 0.4) is 0 Å². The molecule has 1 atom stereocenters. The predicted molar refractivity (Wildman–Crippen MR) is 103 cm³/mol. The summed E-state index contributed by atoms with van der Waals surface area (Å²) in [4.78, 5) is 24.4. The summed E-state index contributed by atoms with van der Waals surface area (Å²) >= 11 is 0. The van der Waals surface area contributed by atoms with Gasteiger partial charge >= 0.3 is 6.09 Å². The third-order valence-electron chi connectivity index (χ3n) is 3.85. The van der Waals surface area contributed by atoms with Gasteiger partial charge in [0.25, 0.3) is 0 Å². The van der Waals surface area contributed by atoms with Crippen LogP contribution in [-0.4, -0.2) is 45.0 Å². The number of ether oxygens (including phenoxy) is 1. The molecule has 2 N–H and O–H groups in total. The Kier molecular flexibility index (Phi) is 8.06. The molecule has 1 aromatic heterocycles. The number of hydrogen-bond acceptors (Lipinski definition) is 6. The molecule has 0 bridgehead atoms. The van der Waals surface area contributed by atoms with Crippen molar-refractivity contribution in [1.29, 1.82) is 0 Å². The van der Waals surface area contributed by atoms with Gasteiger partial charge in [0, 0.05) is 19.2 Å². The zero-order valence-electron chi connectivity index (χ0n) is 15.6. The van der Waals surface area contributed by atoms with Crippen molar-refractivity contribution in [3.05, 3.63) is 60.1 Å². The van der Waals surface area contributed by atoms with Gasteiger partial charge in [-0.1, -0.05) is 30.3 Å². The molecular formula is C19H24N2O6S. The third-order valence-corrected chi connectivity index (χ3v) is 4.83. The number of carbonyl (C=O) groups excluding carboxylic acids is 2. The maximum absolute atomic E-state index is 12.4. The molecule has 8 nitrogen and oxygen atoms in total. The lowest BCUT2D eigenvalue weighted by Crippen LogP contribution is -2.48. The van der Waals surface area contributed by atoms with E-state index in [1.54, 1.807) is 24.3 Å². The molecule has 1 heterocycles. The molecule has 0 saturated heterocycles. The molecule has 1 aromatic carbocycles. The second-order valence-corrected chi connectivity index (χ2v) is 8.56. The van der Waals surface area contributed by atoms with Crippen LogP contribution in [0, 0.1) is 0 Å². The van der Waals surface area contributed by atoms with Crippen LogP contribution in [0.1, 0.15) is 17.7 Å². The molecule has 2 amide bonds. The van der Waals surface area contributed by atoms with Crippen LogP contribution in [0.4, 0.5) is 4.79 Å². The standard InChI is InChI=1S/C19H24N2O6S/c1-28(24,25)13-10-17(18(22)20-11-9-16-8-5-12-26-16)21-19(23)27-14-15-6-3-2-4-7-15/h2-8,12,17H,9-11,13-14H2,1H3,(H,20,22)(H,21,23). The molecule has 0 saturated carbocycles. The fourth-order valence-corrected chi connectivity index (χ4v) is 3.06. The zero-order chi connectivity index (χ0) is 20.4. The highest BCUT2D eigenvalue weighted by Crippen LogP contribution is 2.03. The first-order valence-corrected chi connectivity index (χ1v) is 10.8. The minimum Gasteiger partial charge on any atom is -0.469 e. The van der Waals surface area contributed by atoms with E-state index in [1.807, 2.05) is 18.2 Å². The molecule has 28 heavy (non-hydrogen) atoms. The lowest BCUT2D eigenvalue weighted by Gasteiger charge is -2.18. The first kappa shape index (κ1) is 21.5. The summed E-state index contributed by atoms with van der Waals surface area (Å²) in [5, 5.41) is 5.11. The number of sulfone groups is 1. The van der Waals surface area contributed by atoms with E-state index in [0.29, 0.717) is 18.7 Å². The van der Waals surface area contributed by atoms with Gasteiger partial charge in [-0.15, -0.1) is 0 Å². The number of hydrogen-bond donors (Lipinski definition) is 2. The molecule has 0 aliphatic heterocycles. The van der Waals surface area contributed by atoms with Gasteiger partial charge in [0.15, 0.2) is 0 Å². The molecule has 152 valence electrons. The number of furan rings is 1. The number of amides is 2. The molecule has 2 rings (SSSR count). The summed E-state index contributed by atoms with van der Waals surface area (Å²) in [6.45, 7) is 0.341. The van der Waals surface area contributed by atoms with Crippen molar-refractivity contribution in [2.24, 2.45) is 0 Å². The van der Waals surface area contributed by atoms with E-state index in [0.717, 1.165) is 11.8 Å². The topological polar surface area (TPSA) is 115 Å². The summed E-state index contributed by atoms with van der Waals surface area (Å²) in [7, 11) is -3.29. The van der Waals surface area contributed by atoms with Gasteiger partial charge in [-0.05, 0) is 24.1 Å². The van der Waals surface area contributed by atoms with Gasteiger partial charge < -0.3 is 19.8 Å². The molecule has 0 radical (unpaired) electrons. The Morgan fingerprint density at radius 3 is 2.54 bits per heavy atom. The van der Waals surface area contributed by atoms with Crippen molar-refractivity contribution < 1.29 is 27.2 Å². The van der Waals surface area contributed by atoms with Gasteiger partial charge in [0.05, 0.1) is 12.0 Å². The number of nitrogens with one attached hydrogen (secondary N) is 2. The monoisotopic (exact) mass is 408 g/mol. The second-order valence-electron chi connectivity index (χ2n) is 6.30. The fourth-order valence-electron chi connectivity index (χ4n) is 2.39. The Labute approximate surface area is 164 Å². The fraction of sp³-hybridized carbons (Fsp3) is 0.368. The Bertz CT molecular complexity index is 850. The zero-order valence-corrected chi connectivity index (χ0v) is 16.4. The van der Waals surface area contributed by atoms with Crippen molar-refractivity contribution in [2.45, 2.75) is 25.5 Å². The van der Waals surface area contributed by atoms with Crippen molar-refractivity contribution in [3.63, 3.8) is 0 Å². The van der Waals surface area contributed by atoms with Crippen molar-refractivity contribution >= 4 is 21.8 Å². The average molecular weight is 408 g/mol. The third kappa shape index (κ3) is 8.26. The smallest absolute Gasteiger partial charge is 0.408 e. The summed E-state index contributed by atoms with van der Waals surface area (Å²) < 4.78 is 33.2. The lowest BCUT2D eigenvalue weighted by molar-refractivity contribution is -0.123. The number of carbonyl (C=O) groups is 2. The van der Waals surface area contributed by atoms with Gasteiger partial charge in [-0.3, -0.25) is 4.79 Å². The predicted octanol–water partition coefficient (Wildman–Crippen LogP) is 1.67. The van der Waals surface area contributed by atoms with Crippen molar-refractivity contribution in [3.8, 4) is 0 Å². The first-order chi connectivity index (χ1) is 13.3. The van der Waals surface area contributed by atoms with Crippen LogP contribution < -0.4 is 10.6 Å². The van der Waals surface area contributed by atoms with Crippen LogP contribution in [-0.2, 0) is 32.4 Å².